The lowest BCUT2D eigenvalue weighted by Crippen LogP contribution is -1.46. The standard InChI is InChI=1S/C2H6O4P2.H3N/c3-7(4)1-2-8(5)6;/h1-2,7-8H,(H,3,4)(H,5,6);1H3. The normalized spacial score (nSPS) is 16.7. The van der Waals surface area contributed by atoms with Crippen LogP contribution in [0.25, 0.3) is 0 Å². The van der Waals surface area contributed by atoms with E-state index in [0.29, 0.717) is 0 Å². The van der Waals surface area contributed by atoms with Gasteiger partial charge in [0.15, 0.2) is 0 Å². The van der Waals surface area contributed by atoms with E-state index in [-0.39, 0.29) is 6.15 Å². The van der Waals surface area contributed by atoms with Gasteiger partial charge in [0.25, 0.3) is 0 Å². The van der Waals surface area contributed by atoms with E-state index < -0.39 is 16.1 Å². The zero-order valence-electron chi connectivity index (χ0n) is 4.57. The summed E-state index contributed by atoms with van der Waals surface area (Å²) in [5.41, 5.74) is 0. The largest absolute Gasteiger partial charge is 0.344 e. The Morgan fingerprint density at radius 1 is 1.00 bits per heavy atom. The molecule has 56 valence electrons. The van der Waals surface area contributed by atoms with Crippen molar-refractivity contribution >= 4 is 16.1 Å². The van der Waals surface area contributed by atoms with Gasteiger partial charge in [-0.15, -0.1) is 0 Å². The van der Waals surface area contributed by atoms with Crippen molar-refractivity contribution in [3.05, 3.63) is 11.6 Å². The van der Waals surface area contributed by atoms with Crippen molar-refractivity contribution in [1.29, 1.82) is 0 Å². The van der Waals surface area contributed by atoms with Crippen LogP contribution >= 0.6 is 16.1 Å². The molecule has 0 aromatic carbocycles. The van der Waals surface area contributed by atoms with Gasteiger partial charge in [-0.1, -0.05) is 0 Å². The summed E-state index contributed by atoms with van der Waals surface area (Å²) in [6.45, 7) is 0. The molecule has 7 heteroatoms. The van der Waals surface area contributed by atoms with E-state index in [1.807, 2.05) is 0 Å². The Kier molecular flexibility index (Phi) is 8.15. The fourth-order valence-electron chi connectivity index (χ4n) is 0.143. The summed E-state index contributed by atoms with van der Waals surface area (Å²) in [6.07, 6.45) is 0. The molecule has 2 atom stereocenters. The van der Waals surface area contributed by atoms with Gasteiger partial charge in [0.2, 0.25) is 16.1 Å². The average Bonchev–Trinajstić information content (AvgIpc) is 1.61. The van der Waals surface area contributed by atoms with Crippen molar-refractivity contribution in [2.75, 3.05) is 0 Å². The third kappa shape index (κ3) is 11.6. The molecule has 0 fully saturated rings. The molecule has 2 unspecified atom stereocenters. The highest BCUT2D eigenvalue weighted by Crippen LogP contribution is 2.22. The summed E-state index contributed by atoms with van der Waals surface area (Å²) in [5.74, 6) is 1.65. The van der Waals surface area contributed by atoms with Crippen LogP contribution in [0, 0.1) is 0 Å². The molecule has 0 aromatic rings. The van der Waals surface area contributed by atoms with Crippen LogP contribution in [0.5, 0.6) is 0 Å². The first-order valence-corrected chi connectivity index (χ1v) is 4.63. The molecule has 0 aliphatic heterocycles. The quantitative estimate of drug-likeness (QED) is 0.528. The molecule has 0 aliphatic rings. The number of rotatable bonds is 2. The molecule has 0 radical (unpaired) electrons. The van der Waals surface area contributed by atoms with Crippen LogP contribution < -0.4 is 6.15 Å². The molecule has 0 amide bonds. The van der Waals surface area contributed by atoms with Crippen molar-refractivity contribution < 1.29 is 18.9 Å². The van der Waals surface area contributed by atoms with Crippen molar-refractivity contribution in [2.24, 2.45) is 0 Å². The zero-order chi connectivity index (χ0) is 6.57. The van der Waals surface area contributed by atoms with Gasteiger partial charge in [0.1, 0.15) is 0 Å². The Hall–Kier alpha value is 0.0800. The van der Waals surface area contributed by atoms with Crippen LogP contribution in [0.4, 0.5) is 0 Å². The lowest BCUT2D eigenvalue weighted by molar-refractivity contribution is 0.508. The monoisotopic (exact) mass is 173 g/mol. The smallest absolute Gasteiger partial charge is 0.211 e. The Bertz CT molecular complexity index is 128. The van der Waals surface area contributed by atoms with E-state index in [1.165, 1.54) is 0 Å². The topological polar surface area (TPSA) is 110 Å². The van der Waals surface area contributed by atoms with Gasteiger partial charge in [-0.2, -0.15) is 0 Å². The summed E-state index contributed by atoms with van der Waals surface area (Å²) >= 11 is 0. The van der Waals surface area contributed by atoms with E-state index >= 15 is 0 Å². The Labute approximate surface area is 53.7 Å². The van der Waals surface area contributed by atoms with Crippen molar-refractivity contribution in [1.82, 2.24) is 6.15 Å². The van der Waals surface area contributed by atoms with Gasteiger partial charge in [-0.25, -0.2) is 0 Å². The van der Waals surface area contributed by atoms with Gasteiger partial charge in [0.05, 0.1) is 0 Å². The first-order chi connectivity index (χ1) is 3.63. The van der Waals surface area contributed by atoms with Crippen molar-refractivity contribution in [3.63, 3.8) is 0 Å². The lowest BCUT2D eigenvalue weighted by Gasteiger charge is -1.77. The molecule has 0 aliphatic carbocycles. The minimum absolute atomic E-state index is 0. The molecule has 0 spiro atoms. The molecule has 0 rings (SSSR count). The SMILES string of the molecule is N.O=[PH](O)C=C[PH](=O)O. The van der Waals surface area contributed by atoms with Crippen molar-refractivity contribution in [3.8, 4) is 0 Å². The second-order valence-corrected chi connectivity index (χ2v) is 3.03. The van der Waals surface area contributed by atoms with Gasteiger partial charge in [-0.05, 0) is 0 Å². The Balaban J connectivity index is 0. The number of hydrogen-bond acceptors (Lipinski definition) is 3. The maximum atomic E-state index is 9.77. The van der Waals surface area contributed by atoms with Crippen molar-refractivity contribution in [2.45, 2.75) is 0 Å². The summed E-state index contributed by atoms with van der Waals surface area (Å²) in [4.78, 5) is 16.1. The maximum absolute atomic E-state index is 9.77. The molecular weight excluding hydrogens is 164 g/mol. The molecular formula is C2H9NO4P2. The maximum Gasteiger partial charge on any atom is 0.211 e. The highest BCUT2D eigenvalue weighted by Gasteiger charge is 1.82. The molecule has 0 saturated heterocycles. The van der Waals surface area contributed by atoms with E-state index in [1.54, 1.807) is 0 Å². The second kappa shape index (κ2) is 6.20. The fraction of sp³-hybridized carbons (Fsp3) is 0. The molecule has 9 heavy (non-hydrogen) atoms. The fourth-order valence-corrected chi connectivity index (χ4v) is 1.28. The van der Waals surface area contributed by atoms with E-state index in [9.17, 15) is 9.13 Å². The minimum atomic E-state index is -2.69. The van der Waals surface area contributed by atoms with Gasteiger partial charge in [-0.3, -0.25) is 9.13 Å². The van der Waals surface area contributed by atoms with E-state index in [4.69, 9.17) is 9.79 Å². The highest BCUT2D eigenvalue weighted by molar-refractivity contribution is 7.46. The average molecular weight is 173 g/mol. The van der Waals surface area contributed by atoms with E-state index in [2.05, 4.69) is 0 Å². The first-order valence-electron chi connectivity index (χ1n) is 1.77. The summed E-state index contributed by atoms with van der Waals surface area (Å²) in [5, 5.41) is 0. The van der Waals surface area contributed by atoms with Crippen LogP contribution in [0.3, 0.4) is 0 Å². The number of hydrogen-bond donors (Lipinski definition) is 3. The van der Waals surface area contributed by atoms with Crippen LogP contribution in [0.2, 0.25) is 0 Å². The van der Waals surface area contributed by atoms with Crippen LogP contribution in [0.15, 0.2) is 11.6 Å². The van der Waals surface area contributed by atoms with E-state index in [0.717, 1.165) is 11.6 Å². The Morgan fingerprint density at radius 3 is 1.33 bits per heavy atom. The molecule has 5 N–H and O–H groups in total. The van der Waals surface area contributed by atoms with Crippen LogP contribution in [-0.4, -0.2) is 9.79 Å². The summed E-state index contributed by atoms with van der Waals surface area (Å²) in [7, 11) is -5.39. The molecule has 0 heterocycles. The lowest BCUT2D eigenvalue weighted by atomic mass is 11.3. The van der Waals surface area contributed by atoms with Crippen LogP contribution in [0.1, 0.15) is 0 Å². The third-order valence-corrected chi connectivity index (χ3v) is 1.61. The molecule has 0 aromatic heterocycles. The van der Waals surface area contributed by atoms with Crippen LogP contribution in [-0.2, 0) is 9.13 Å². The van der Waals surface area contributed by atoms with Gasteiger partial charge < -0.3 is 15.9 Å². The highest BCUT2D eigenvalue weighted by atomic mass is 31.1. The predicted octanol–water partition coefficient (Wildman–Crippen LogP) is 0.554. The van der Waals surface area contributed by atoms with Gasteiger partial charge in [0, 0.05) is 11.6 Å². The molecule has 0 saturated carbocycles. The third-order valence-electron chi connectivity index (χ3n) is 0.368. The summed E-state index contributed by atoms with van der Waals surface area (Å²) in [6, 6.07) is 0. The first kappa shape index (κ1) is 11.8. The summed E-state index contributed by atoms with van der Waals surface area (Å²) < 4.78 is 19.5. The Morgan fingerprint density at radius 2 is 1.22 bits per heavy atom. The molecule has 5 nitrogen and oxygen atoms in total. The minimum Gasteiger partial charge on any atom is -0.344 e. The van der Waals surface area contributed by atoms with Gasteiger partial charge >= 0.3 is 0 Å². The second-order valence-electron chi connectivity index (χ2n) is 1.01. The molecule has 0 bridgehead atoms. The zero-order valence-corrected chi connectivity index (χ0v) is 6.57. The predicted molar refractivity (Wildman–Crippen MR) is 36.6 cm³/mol.